The van der Waals surface area contributed by atoms with Gasteiger partial charge in [-0.2, -0.15) is 4.31 Å². The minimum atomic E-state index is -4.17. The normalized spacial score (nSPS) is 11.4. The molecule has 0 radical (unpaired) electrons. The van der Waals surface area contributed by atoms with Crippen LogP contribution < -0.4 is 9.47 Å². The Labute approximate surface area is 192 Å². The molecule has 1 aromatic heterocycles. The zero-order valence-corrected chi connectivity index (χ0v) is 19.5. The maximum Gasteiger partial charge on any atom is 0.261 e. The first-order valence-electron chi connectivity index (χ1n) is 9.67. The quantitative estimate of drug-likeness (QED) is 0.429. The topological polar surface area (TPSA) is 85.8 Å². The first-order chi connectivity index (χ1) is 15.3. The molecule has 0 unspecified atom stereocenters. The van der Waals surface area contributed by atoms with Crippen molar-refractivity contribution >= 4 is 27.4 Å². The molecule has 3 aromatic rings. The second-order valence-electron chi connectivity index (χ2n) is 7.00. The molecule has 0 saturated carbocycles. The zero-order chi connectivity index (χ0) is 23.3. The number of hydrogen-bond donors (Lipinski definition) is 0. The highest BCUT2D eigenvalue weighted by Gasteiger charge is 2.31. The van der Waals surface area contributed by atoms with Gasteiger partial charge in [0.1, 0.15) is 11.5 Å². The molecule has 0 spiro atoms. The van der Waals surface area contributed by atoms with Gasteiger partial charge >= 0.3 is 0 Å². The van der Waals surface area contributed by atoms with Crippen LogP contribution in [0.3, 0.4) is 0 Å². The molecule has 3 rings (SSSR count). The molecule has 0 saturated heterocycles. The van der Waals surface area contributed by atoms with Gasteiger partial charge in [0.25, 0.3) is 10.0 Å². The Hall–Kier alpha value is -2.94. The lowest BCUT2D eigenvalue weighted by Gasteiger charge is -2.23. The minimum Gasteiger partial charge on any atom is -0.497 e. The number of sulfonamides is 1. The Bertz CT molecular complexity index is 1150. The second-order valence-corrected chi connectivity index (χ2v) is 9.26. The molecule has 0 amide bonds. The first-order valence-corrected chi connectivity index (χ1v) is 11.5. The molecular weight excluding hydrogens is 452 g/mol. The number of aromatic nitrogens is 1. The van der Waals surface area contributed by atoms with Crippen molar-refractivity contribution in [3.63, 3.8) is 0 Å². The summed E-state index contributed by atoms with van der Waals surface area (Å²) in [7, 11) is -1.05. The Morgan fingerprint density at radius 1 is 0.906 bits per heavy atom. The highest BCUT2D eigenvalue weighted by atomic mass is 35.5. The van der Waals surface area contributed by atoms with E-state index in [1.165, 1.54) is 23.5 Å². The number of rotatable bonds is 9. The Kier molecular flexibility index (Phi) is 7.50. The molecule has 0 fully saturated rings. The molecule has 1 heterocycles. The summed E-state index contributed by atoms with van der Waals surface area (Å²) in [5, 5.41) is -0.320. The number of carbonyl (C=O) groups is 1. The van der Waals surface area contributed by atoms with Crippen LogP contribution in [0.25, 0.3) is 0 Å². The third-order valence-electron chi connectivity index (χ3n) is 4.84. The van der Waals surface area contributed by atoms with E-state index in [4.69, 9.17) is 21.1 Å². The summed E-state index contributed by atoms with van der Waals surface area (Å²) >= 11 is 6.15. The largest absolute Gasteiger partial charge is 0.497 e. The average molecular weight is 475 g/mol. The predicted molar refractivity (Wildman–Crippen MR) is 122 cm³/mol. The van der Waals surface area contributed by atoms with Gasteiger partial charge in [-0.05, 0) is 48.4 Å². The molecule has 2 aromatic carbocycles. The number of methoxy groups -OCH3 is 2. The van der Waals surface area contributed by atoms with Crippen LogP contribution in [0.15, 0.2) is 65.8 Å². The number of benzene rings is 2. The summed E-state index contributed by atoms with van der Waals surface area (Å²) in [5.41, 5.74) is 1.37. The third kappa shape index (κ3) is 5.27. The van der Waals surface area contributed by atoms with Gasteiger partial charge in [0.2, 0.25) is 0 Å². The average Bonchev–Trinajstić information content (AvgIpc) is 2.79. The van der Waals surface area contributed by atoms with Crippen LogP contribution >= 0.6 is 11.6 Å². The van der Waals surface area contributed by atoms with Crippen molar-refractivity contribution < 1.29 is 22.7 Å². The van der Waals surface area contributed by atoms with Crippen molar-refractivity contribution in [2.24, 2.45) is 0 Å². The van der Waals surface area contributed by atoms with E-state index >= 15 is 0 Å². The maximum absolute atomic E-state index is 13.7. The molecule has 0 aliphatic heterocycles. The number of carbonyl (C=O) groups excluding carboxylic acids is 1. The van der Waals surface area contributed by atoms with Gasteiger partial charge in [-0.1, -0.05) is 35.9 Å². The molecule has 0 aliphatic carbocycles. The fraction of sp³-hybridized carbons (Fsp3) is 0.217. The number of Topliss-reactive ketones (excluding diaryl/α,β-unsaturated/α-hetero) is 1. The van der Waals surface area contributed by atoms with Gasteiger partial charge in [-0.15, -0.1) is 0 Å². The van der Waals surface area contributed by atoms with Crippen LogP contribution in [0.1, 0.15) is 28.4 Å². The van der Waals surface area contributed by atoms with Crippen LogP contribution in [0, 0.1) is 0 Å². The number of nitrogens with zero attached hydrogens (tertiary/aromatic N) is 2. The zero-order valence-electron chi connectivity index (χ0n) is 17.9. The Morgan fingerprint density at radius 2 is 1.38 bits per heavy atom. The molecule has 32 heavy (non-hydrogen) atoms. The van der Waals surface area contributed by atoms with E-state index in [1.54, 1.807) is 62.8 Å². The summed E-state index contributed by atoms with van der Waals surface area (Å²) in [4.78, 5) is 16.2. The smallest absolute Gasteiger partial charge is 0.261 e. The second kappa shape index (κ2) is 10.1. The molecule has 0 bridgehead atoms. The number of hydrogen-bond acceptors (Lipinski definition) is 6. The minimum absolute atomic E-state index is 0.0416. The summed E-state index contributed by atoms with van der Waals surface area (Å²) < 4.78 is 39.0. The Morgan fingerprint density at radius 3 is 1.78 bits per heavy atom. The first kappa shape index (κ1) is 23.7. The predicted octanol–water partition coefficient (Wildman–Crippen LogP) is 4.35. The van der Waals surface area contributed by atoms with E-state index in [9.17, 15) is 13.2 Å². The van der Waals surface area contributed by atoms with Gasteiger partial charge in [0.05, 0.1) is 24.8 Å². The number of ether oxygens (including phenoxy) is 2. The summed E-state index contributed by atoms with van der Waals surface area (Å²) in [6.45, 7) is 1.38. The van der Waals surface area contributed by atoms with Crippen LogP contribution in [0.4, 0.5) is 0 Å². The summed E-state index contributed by atoms with van der Waals surface area (Å²) in [6.07, 6.45) is 1.28. The van der Waals surface area contributed by atoms with Crippen LogP contribution in [0.2, 0.25) is 5.02 Å². The van der Waals surface area contributed by atoms with Crippen molar-refractivity contribution in [2.75, 3.05) is 14.2 Å². The van der Waals surface area contributed by atoms with Crippen molar-refractivity contribution in [3.8, 4) is 11.5 Å². The fourth-order valence-electron chi connectivity index (χ4n) is 3.15. The van der Waals surface area contributed by atoms with Gasteiger partial charge < -0.3 is 9.47 Å². The summed E-state index contributed by atoms with van der Waals surface area (Å²) in [6, 6.07) is 15.6. The highest BCUT2D eigenvalue weighted by Crippen LogP contribution is 2.28. The molecule has 0 N–H and O–H groups in total. The molecule has 168 valence electrons. The monoisotopic (exact) mass is 474 g/mol. The highest BCUT2D eigenvalue weighted by molar-refractivity contribution is 7.89. The molecule has 0 atom stereocenters. The maximum atomic E-state index is 13.7. The van der Waals surface area contributed by atoms with E-state index in [-0.39, 0.29) is 28.7 Å². The van der Waals surface area contributed by atoms with Gasteiger partial charge in [0, 0.05) is 19.3 Å². The lowest BCUT2D eigenvalue weighted by Crippen LogP contribution is -2.32. The van der Waals surface area contributed by atoms with Gasteiger partial charge in [-0.3, -0.25) is 4.79 Å². The van der Waals surface area contributed by atoms with E-state index in [2.05, 4.69) is 4.98 Å². The van der Waals surface area contributed by atoms with Gasteiger partial charge in [0.15, 0.2) is 10.8 Å². The SMILES string of the molecule is COc1ccc(CN(Cc2ccc(OC)cc2)S(=O)(=O)c2nccc(Cl)c2C(C)=O)cc1. The molecule has 7 nitrogen and oxygen atoms in total. The van der Waals surface area contributed by atoms with E-state index in [0.29, 0.717) is 11.5 Å². The Balaban J connectivity index is 2.05. The van der Waals surface area contributed by atoms with Crippen LogP contribution in [-0.2, 0) is 23.1 Å². The fourth-order valence-corrected chi connectivity index (χ4v) is 5.08. The summed E-state index contributed by atoms with van der Waals surface area (Å²) in [5.74, 6) is 0.845. The number of ketones is 1. The van der Waals surface area contributed by atoms with Crippen molar-refractivity contribution in [1.29, 1.82) is 0 Å². The van der Waals surface area contributed by atoms with Crippen molar-refractivity contribution in [2.45, 2.75) is 25.0 Å². The number of pyridine rings is 1. The van der Waals surface area contributed by atoms with Crippen LogP contribution in [0.5, 0.6) is 11.5 Å². The molecular formula is C23H23ClN2O5S. The molecule has 9 heteroatoms. The lowest BCUT2D eigenvalue weighted by atomic mass is 10.2. The lowest BCUT2D eigenvalue weighted by molar-refractivity contribution is 0.101. The molecule has 0 aliphatic rings. The van der Waals surface area contributed by atoms with E-state index in [1.807, 2.05) is 0 Å². The van der Waals surface area contributed by atoms with Crippen LogP contribution in [-0.4, -0.2) is 37.7 Å². The third-order valence-corrected chi connectivity index (χ3v) is 6.89. The van der Waals surface area contributed by atoms with E-state index < -0.39 is 15.8 Å². The number of halogens is 1. The van der Waals surface area contributed by atoms with Gasteiger partial charge in [-0.25, -0.2) is 13.4 Å². The van der Waals surface area contributed by atoms with E-state index in [0.717, 1.165) is 11.1 Å². The standard InChI is InChI=1S/C23H23ClN2O5S/c1-16(27)22-21(24)12-13-25-23(22)32(28,29)26(14-17-4-8-19(30-2)9-5-17)15-18-6-10-20(31-3)11-7-18/h4-13H,14-15H2,1-3H3. The van der Waals surface area contributed by atoms with Crippen molar-refractivity contribution in [1.82, 2.24) is 9.29 Å². The van der Waals surface area contributed by atoms with Crippen molar-refractivity contribution in [3.05, 3.63) is 82.5 Å².